The van der Waals surface area contributed by atoms with Gasteiger partial charge < -0.3 is 10.1 Å². The molecule has 0 radical (unpaired) electrons. The number of rotatable bonds is 6. The second kappa shape index (κ2) is 8.47. The molecular weight excluding hydrogens is 246 g/mol. The van der Waals surface area contributed by atoms with Gasteiger partial charge in [0.05, 0.1) is 12.8 Å². The fourth-order valence-electron chi connectivity index (χ4n) is 1.24. The zero-order valence-electron chi connectivity index (χ0n) is 10.8. The predicted octanol–water partition coefficient (Wildman–Crippen LogP) is 2.29. The molecule has 0 aromatic heterocycles. The number of hydrogen-bond donors (Lipinski definition) is 2. The molecule has 0 fully saturated rings. The third-order valence-electron chi connectivity index (χ3n) is 2.07. The lowest BCUT2D eigenvalue weighted by molar-refractivity contribution is 0.317. The van der Waals surface area contributed by atoms with Crippen LogP contribution in [-0.4, -0.2) is 24.5 Å². The molecular formula is C13H19N3OS. The Morgan fingerprint density at radius 3 is 2.67 bits per heavy atom. The lowest BCUT2D eigenvalue weighted by Crippen LogP contribution is -2.31. The Labute approximate surface area is 113 Å². The van der Waals surface area contributed by atoms with Crippen molar-refractivity contribution in [1.29, 1.82) is 0 Å². The normalized spacial score (nSPS) is 10.3. The molecule has 2 N–H and O–H groups in total. The Hall–Kier alpha value is -1.62. The fraction of sp³-hybridized carbons (Fsp3) is 0.385. The van der Waals surface area contributed by atoms with Gasteiger partial charge in [-0.25, -0.2) is 0 Å². The number of nitrogens with zero attached hydrogens (tertiary/aromatic N) is 1. The number of hydrazone groups is 1. The largest absolute Gasteiger partial charge is 0.494 e. The standard InChI is InChI=1S/C13H19N3OS/c1-3-9-17-12-7-5-11(6-8-12)10-15-16-13(18)14-4-2/h5-8,10H,3-4,9H2,1-2H3,(H2,14,16,18)/b15-10-. The predicted molar refractivity (Wildman–Crippen MR) is 79.2 cm³/mol. The Morgan fingerprint density at radius 2 is 2.06 bits per heavy atom. The number of hydrogen-bond acceptors (Lipinski definition) is 3. The molecule has 4 nitrogen and oxygen atoms in total. The van der Waals surface area contributed by atoms with Crippen molar-refractivity contribution in [2.24, 2.45) is 5.10 Å². The minimum atomic E-state index is 0.525. The smallest absolute Gasteiger partial charge is 0.186 e. The van der Waals surface area contributed by atoms with Crippen LogP contribution in [0.2, 0.25) is 0 Å². The van der Waals surface area contributed by atoms with E-state index in [0.29, 0.717) is 5.11 Å². The average Bonchev–Trinajstić information content (AvgIpc) is 2.38. The number of nitrogens with one attached hydrogen (secondary N) is 2. The molecule has 98 valence electrons. The van der Waals surface area contributed by atoms with Crippen LogP contribution in [0.5, 0.6) is 5.75 Å². The van der Waals surface area contributed by atoms with Crippen molar-refractivity contribution in [2.75, 3.05) is 13.2 Å². The number of ether oxygens (including phenoxy) is 1. The number of thiocarbonyl (C=S) groups is 1. The summed E-state index contributed by atoms with van der Waals surface area (Å²) in [6.07, 6.45) is 2.72. The van der Waals surface area contributed by atoms with Crippen molar-refractivity contribution in [1.82, 2.24) is 10.7 Å². The van der Waals surface area contributed by atoms with E-state index in [9.17, 15) is 0 Å². The molecule has 0 atom stereocenters. The van der Waals surface area contributed by atoms with E-state index in [0.717, 1.165) is 30.9 Å². The fourth-order valence-corrected chi connectivity index (χ4v) is 1.43. The van der Waals surface area contributed by atoms with Gasteiger partial charge in [0.25, 0.3) is 0 Å². The molecule has 1 aromatic rings. The lowest BCUT2D eigenvalue weighted by atomic mass is 10.2. The first-order valence-corrected chi connectivity index (χ1v) is 6.46. The molecule has 0 saturated carbocycles. The van der Waals surface area contributed by atoms with Crippen molar-refractivity contribution in [2.45, 2.75) is 20.3 Å². The monoisotopic (exact) mass is 265 g/mol. The van der Waals surface area contributed by atoms with Crippen LogP contribution in [0.25, 0.3) is 0 Å². The maximum atomic E-state index is 5.49. The van der Waals surface area contributed by atoms with E-state index in [-0.39, 0.29) is 0 Å². The zero-order chi connectivity index (χ0) is 13.2. The van der Waals surface area contributed by atoms with Gasteiger partial charge in [0.1, 0.15) is 5.75 Å². The van der Waals surface area contributed by atoms with Gasteiger partial charge in [-0.1, -0.05) is 6.92 Å². The summed E-state index contributed by atoms with van der Waals surface area (Å²) in [6, 6.07) is 7.76. The van der Waals surface area contributed by atoms with Gasteiger partial charge >= 0.3 is 0 Å². The summed E-state index contributed by atoms with van der Waals surface area (Å²) in [5.41, 5.74) is 3.73. The van der Waals surface area contributed by atoms with Gasteiger partial charge in [-0.05, 0) is 55.4 Å². The van der Waals surface area contributed by atoms with Gasteiger partial charge in [0.2, 0.25) is 0 Å². The van der Waals surface area contributed by atoms with E-state index in [4.69, 9.17) is 17.0 Å². The first kappa shape index (κ1) is 14.4. The van der Waals surface area contributed by atoms with Crippen LogP contribution >= 0.6 is 12.2 Å². The van der Waals surface area contributed by atoms with Gasteiger partial charge in [-0.15, -0.1) is 0 Å². The van der Waals surface area contributed by atoms with Gasteiger partial charge in [0.15, 0.2) is 5.11 Å². The molecule has 0 unspecified atom stereocenters. The van der Waals surface area contributed by atoms with Crippen molar-refractivity contribution in [3.8, 4) is 5.75 Å². The van der Waals surface area contributed by atoms with Gasteiger partial charge in [-0.3, -0.25) is 5.43 Å². The summed E-state index contributed by atoms with van der Waals surface area (Å²) in [7, 11) is 0. The van der Waals surface area contributed by atoms with Crippen LogP contribution in [0.3, 0.4) is 0 Å². The third kappa shape index (κ3) is 5.63. The summed E-state index contributed by atoms with van der Waals surface area (Å²) >= 11 is 4.98. The third-order valence-corrected chi connectivity index (χ3v) is 2.31. The van der Waals surface area contributed by atoms with Crippen LogP contribution in [0.1, 0.15) is 25.8 Å². The molecule has 1 aromatic carbocycles. The van der Waals surface area contributed by atoms with Gasteiger partial charge in [-0.2, -0.15) is 5.10 Å². The first-order valence-electron chi connectivity index (χ1n) is 6.06. The minimum absolute atomic E-state index is 0.525. The van der Waals surface area contributed by atoms with E-state index in [1.54, 1.807) is 6.21 Å². The minimum Gasteiger partial charge on any atom is -0.494 e. The van der Waals surface area contributed by atoms with Crippen molar-refractivity contribution in [3.05, 3.63) is 29.8 Å². The Bertz CT molecular complexity index is 390. The Morgan fingerprint density at radius 1 is 1.33 bits per heavy atom. The van der Waals surface area contributed by atoms with E-state index in [1.165, 1.54) is 0 Å². The molecule has 5 heteroatoms. The first-order chi connectivity index (χ1) is 8.76. The highest BCUT2D eigenvalue weighted by atomic mass is 32.1. The molecule has 0 bridgehead atoms. The molecule has 18 heavy (non-hydrogen) atoms. The van der Waals surface area contributed by atoms with Crippen molar-refractivity contribution >= 4 is 23.5 Å². The highest BCUT2D eigenvalue weighted by Gasteiger charge is 1.93. The molecule has 0 aliphatic heterocycles. The van der Waals surface area contributed by atoms with Gasteiger partial charge in [0, 0.05) is 6.54 Å². The van der Waals surface area contributed by atoms with Crippen LogP contribution in [-0.2, 0) is 0 Å². The SMILES string of the molecule is CCCOc1ccc(/C=N\NC(=S)NCC)cc1. The van der Waals surface area contributed by atoms with E-state index >= 15 is 0 Å². The lowest BCUT2D eigenvalue weighted by Gasteiger charge is -2.04. The Balaban J connectivity index is 2.43. The Kier molecular flexibility index (Phi) is 6.79. The molecule has 1 rings (SSSR count). The highest BCUT2D eigenvalue weighted by Crippen LogP contribution is 2.11. The van der Waals surface area contributed by atoms with Crippen molar-refractivity contribution < 1.29 is 4.74 Å². The molecule has 0 saturated heterocycles. The summed E-state index contributed by atoms with van der Waals surface area (Å²) in [6.45, 7) is 5.59. The molecule has 0 aliphatic rings. The molecule has 0 amide bonds. The van der Waals surface area contributed by atoms with Crippen LogP contribution in [0, 0.1) is 0 Å². The maximum Gasteiger partial charge on any atom is 0.186 e. The van der Waals surface area contributed by atoms with Crippen molar-refractivity contribution in [3.63, 3.8) is 0 Å². The molecule has 0 aliphatic carbocycles. The van der Waals surface area contributed by atoms with E-state index in [2.05, 4.69) is 22.8 Å². The highest BCUT2D eigenvalue weighted by molar-refractivity contribution is 7.80. The summed E-state index contributed by atoms with van der Waals surface area (Å²) in [5, 5.41) is 7.51. The van der Waals surface area contributed by atoms with Crippen LogP contribution in [0.4, 0.5) is 0 Å². The molecule has 0 spiro atoms. The quantitative estimate of drug-likeness (QED) is 0.470. The second-order valence-corrected chi connectivity index (χ2v) is 4.06. The molecule has 0 heterocycles. The topological polar surface area (TPSA) is 45.6 Å². The summed E-state index contributed by atoms with van der Waals surface area (Å²) in [5.74, 6) is 0.880. The maximum absolute atomic E-state index is 5.49. The summed E-state index contributed by atoms with van der Waals surface area (Å²) in [4.78, 5) is 0. The average molecular weight is 265 g/mol. The number of benzene rings is 1. The van der Waals surface area contributed by atoms with Crippen LogP contribution < -0.4 is 15.5 Å². The zero-order valence-corrected chi connectivity index (χ0v) is 11.6. The second-order valence-electron chi connectivity index (χ2n) is 3.65. The van der Waals surface area contributed by atoms with E-state index in [1.807, 2.05) is 31.2 Å². The van der Waals surface area contributed by atoms with E-state index < -0.39 is 0 Å². The van der Waals surface area contributed by atoms with Crippen LogP contribution in [0.15, 0.2) is 29.4 Å². The summed E-state index contributed by atoms with van der Waals surface area (Å²) < 4.78 is 5.49.